The largest absolute Gasteiger partial charge is 0.390 e. The number of aliphatic hydroxyl groups excluding tert-OH is 1. The van der Waals surface area contributed by atoms with Crippen LogP contribution in [0.3, 0.4) is 0 Å². The van der Waals surface area contributed by atoms with Crippen LogP contribution in [0.2, 0.25) is 0 Å². The third-order valence-corrected chi connectivity index (χ3v) is 4.46. The monoisotopic (exact) mass is 272 g/mol. The molecule has 19 heavy (non-hydrogen) atoms. The predicted octanol–water partition coefficient (Wildman–Crippen LogP) is 1.39. The molecular weight excluding hydrogens is 246 g/mol. The molecule has 0 aromatic carbocycles. The smallest absolute Gasteiger partial charge is 0.213 e. The number of hydrogen-bond acceptors (Lipinski definition) is 4. The average Bonchev–Trinajstić information content (AvgIpc) is 2.25. The Morgan fingerprint density at radius 2 is 2.05 bits per heavy atom. The molecule has 1 aliphatic rings. The number of nitrogens with zero attached hydrogens (tertiary/aromatic N) is 1. The second kappa shape index (κ2) is 5.59. The Balaban J connectivity index is 2.67. The number of carbonyl (C=O) groups excluding carboxylic acids is 1. The van der Waals surface area contributed by atoms with Gasteiger partial charge in [-0.15, -0.1) is 0 Å². The van der Waals surface area contributed by atoms with Crippen LogP contribution in [0.15, 0.2) is 0 Å². The second-order valence-corrected chi connectivity index (χ2v) is 6.43. The van der Waals surface area contributed by atoms with Crippen molar-refractivity contribution in [3.63, 3.8) is 0 Å². The molecule has 0 aromatic rings. The number of rotatable bonds is 5. The standard InChI is InChI=1S/C14H26NO4/c1-10(16)8-11(17)9-19-12-6-7-15(18)14(4,5)13(12,2)3/h7,11-12,17-18H,6,8-9H2,1-5H3/q+1. The van der Waals surface area contributed by atoms with Gasteiger partial charge in [0.1, 0.15) is 5.78 Å². The summed E-state index contributed by atoms with van der Waals surface area (Å²) in [6.45, 7) is 9.56. The van der Waals surface area contributed by atoms with Gasteiger partial charge in [-0.1, -0.05) is 13.8 Å². The van der Waals surface area contributed by atoms with E-state index in [1.807, 2.05) is 27.7 Å². The van der Waals surface area contributed by atoms with E-state index < -0.39 is 11.6 Å². The Bertz CT molecular complexity index is 374. The minimum absolute atomic E-state index is 0.0487. The Morgan fingerprint density at radius 3 is 2.58 bits per heavy atom. The van der Waals surface area contributed by atoms with E-state index in [2.05, 4.69) is 0 Å². The molecular formula is C14H26NO4+. The van der Waals surface area contributed by atoms with Gasteiger partial charge in [-0.2, -0.15) is 0 Å². The molecule has 1 heterocycles. The summed E-state index contributed by atoms with van der Waals surface area (Å²) in [6, 6.07) is 0. The molecule has 0 fully saturated rings. The van der Waals surface area contributed by atoms with Crippen LogP contribution in [0.25, 0.3) is 0 Å². The summed E-state index contributed by atoms with van der Waals surface area (Å²) < 4.78 is 7.01. The van der Waals surface area contributed by atoms with E-state index in [1.165, 1.54) is 11.7 Å². The van der Waals surface area contributed by atoms with Crippen LogP contribution in [0.4, 0.5) is 0 Å². The minimum atomic E-state index is -0.761. The molecule has 0 spiro atoms. The van der Waals surface area contributed by atoms with E-state index in [0.717, 1.165) is 0 Å². The van der Waals surface area contributed by atoms with Crippen LogP contribution >= 0.6 is 0 Å². The lowest BCUT2D eigenvalue weighted by Crippen LogP contribution is -2.58. The van der Waals surface area contributed by atoms with E-state index >= 15 is 0 Å². The molecule has 0 radical (unpaired) electrons. The van der Waals surface area contributed by atoms with Gasteiger partial charge < -0.3 is 9.84 Å². The number of carbonyl (C=O) groups is 1. The molecule has 1 aliphatic heterocycles. The SMILES string of the molecule is CC(=O)CC(O)COC1CC=[N+](O)C(C)(C)C1(C)C. The summed E-state index contributed by atoms with van der Waals surface area (Å²) in [5.74, 6) is -0.0487. The summed E-state index contributed by atoms with van der Waals surface area (Å²) in [4.78, 5) is 10.9. The lowest BCUT2D eigenvalue weighted by Gasteiger charge is -2.43. The number of aliphatic hydroxyl groups is 1. The molecule has 2 atom stereocenters. The number of hydrogen-bond donors (Lipinski definition) is 2. The number of ether oxygens (including phenoxy) is 1. The third kappa shape index (κ3) is 3.34. The maximum absolute atomic E-state index is 10.9. The summed E-state index contributed by atoms with van der Waals surface area (Å²) in [5, 5.41) is 19.6. The first-order chi connectivity index (χ1) is 8.59. The highest BCUT2D eigenvalue weighted by molar-refractivity contribution is 5.75. The van der Waals surface area contributed by atoms with Gasteiger partial charge in [0.15, 0.2) is 6.21 Å². The van der Waals surface area contributed by atoms with Gasteiger partial charge in [-0.3, -0.25) is 10.0 Å². The molecule has 2 unspecified atom stereocenters. The highest BCUT2D eigenvalue weighted by Crippen LogP contribution is 2.41. The Morgan fingerprint density at radius 1 is 1.47 bits per heavy atom. The molecule has 0 saturated carbocycles. The van der Waals surface area contributed by atoms with Gasteiger partial charge in [0.05, 0.1) is 30.7 Å². The van der Waals surface area contributed by atoms with Crippen molar-refractivity contribution in [1.29, 1.82) is 0 Å². The van der Waals surface area contributed by atoms with E-state index in [9.17, 15) is 15.1 Å². The second-order valence-electron chi connectivity index (χ2n) is 6.43. The van der Waals surface area contributed by atoms with Crippen LogP contribution in [-0.2, 0) is 9.53 Å². The van der Waals surface area contributed by atoms with E-state index in [1.54, 1.807) is 6.21 Å². The number of ketones is 1. The molecule has 5 nitrogen and oxygen atoms in total. The van der Waals surface area contributed by atoms with E-state index in [0.29, 0.717) is 6.42 Å². The number of hydroxylamine groups is 1. The maximum atomic E-state index is 10.9. The first-order valence-corrected chi connectivity index (χ1v) is 6.69. The lowest BCUT2D eigenvalue weighted by atomic mass is 9.68. The molecule has 0 bridgehead atoms. The molecule has 1 rings (SSSR count). The van der Waals surface area contributed by atoms with Crippen molar-refractivity contribution in [2.45, 2.75) is 65.2 Å². The molecule has 110 valence electrons. The highest BCUT2D eigenvalue weighted by atomic mass is 16.5. The predicted molar refractivity (Wildman–Crippen MR) is 71.6 cm³/mol. The summed E-state index contributed by atoms with van der Waals surface area (Å²) in [7, 11) is 0. The normalized spacial score (nSPS) is 26.6. The van der Waals surface area contributed by atoms with E-state index in [4.69, 9.17) is 4.74 Å². The average molecular weight is 272 g/mol. The van der Waals surface area contributed by atoms with E-state index in [-0.39, 0.29) is 30.3 Å². The summed E-state index contributed by atoms with van der Waals surface area (Å²) in [6.07, 6.45) is 1.54. The molecule has 2 N–H and O–H groups in total. The fourth-order valence-electron chi connectivity index (χ4n) is 2.30. The summed E-state index contributed by atoms with van der Waals surface area (Å²) in [5.41, 5.74) is -0.742. The van der Waals surface area contributed by atoms with Crippen LogP contribution in [0.1, 0.15) is 47.5 Å². The van der Waals surface area contributed by atoms with Gasteiger partial charge in [-0.25, -0.2) is 0 Å². The fourth-order valence-corrected chi connectivity index (χ4v) is 2.30. The van der Waals surface area contributed by atoms with Crippen molar-refractivity contribution in [2.24, 2.45) is 5.41 Å². The van der Waals surface area contributed by atoms with Gasteiger partial charge in [0.2, 0.25) is 5.54 Å². The zero-order valence-corrected chi connectivity index (χ0v) is 12.5. The van der Waals surface area contributed by atoms with Crippen LogP contribution in [0.5, 0.6) is 0 Å². The van der Waals surface area contributed by atoms with Crippen molar-refractivity contribution in [3.05, 3.63) is 0 Å². The lowest BCUT2D eigenvalue weighted by molar-refractivity contribution is -0.833. The van der Waals surface area contributed by atoms with Gasteiger partial charge >= 0.3 is 0 Å². The minimum Gasteiger partial charge on any atom is -0.390 e. The Kier molecular flexibility index (Phi) is 4.74. The highest BCUT2D eigenvalue weighted by Gasteiger charge is 2.55. The van der Waals surface area contributed by atoms with Crippen molar-refractivity contribution in [1.82, 2.24) is 0 Å². The van der Waals surface area contributed by atoms with Gasteiger partial charge in [-0.05, 0) is 11.7 Å². The Hall–Kier alpha value is -0.940. The number of Topliss-reactive ketones (excluding diaryl/α,β-unsaturated/α-hetero) is 1. The van der Waals surface area contributed by atoms with Crippen LogP contribution in [0, 0.1) is 5.41 Å². The van der Waals surface area contributed by atoms with Crippen LogP contribution < -0.4 is 0 Å². The molecule has 0 amide bonds. The third-order valence-electron chi connectivity index (χ3n) is 4.46. The maximum Gasteiger partial charge on any atom is 0.213 e. The Labute approximate surface area is 114 Å². The molecule has 5 heteroatoms. The van der Waals surface area contributed by atoms with Gasteiger partial charge in [0.25, 0.3) is 0 Å². The molecule has 0 aromatic heterocycles. The fraction of sp³-hybridized carbons (Fsp3) is 0.857. The first-order valence-electron chi connectivity index (χ1n) is 6.69. The quantitative estimate of drug-likeness (QED) is 0.586. The van der Waals surface area contributed by atoms with Crippen molar-refractivity contribution < 1.29 is 24.6 Å². The molecule has 0 saturated heterocycles. The van der Waals surface area contributed by atoms with Crippen molar-refractivity contribution >= 4 is 12.0 Å². The van der Waals surface area contributed by atoms with Gasteiger partial charge in [0, 0.05) is 20.3 Å². The topological polar surface area (TPSA) is 69.8 Å². The van der Waals surface area contributed by atoms with Crippen molar-refractivity contribution in [3.8, 4) is 0 Å². The molecule has 0 aliphatic carbocycles. The van der Waals surface area contributed by atoms with Crippen molar-refractivity contribution in [2.75, 3.05) is 6.61 Å². The summed E-state index contributed by atoms with van der Waals surface area (Å²) >= 11 is 0. The van der Waals surface area contributed by atoms with Crippen LogP contribution in [-0.4, -0.2) is 51.4 Å². The zero-order valence-electron chi connectivity index (χ0n) is 12.5. The first kappa shape index (κ1) is 16.1. The zero-order chi connectivity index (χ0) is 14.8.